The number of anilines is 1. The van der Waals surface area contributed by atoms with Crippen LogP contribution in [0, 0.1) is 11.8 Å². The van der Waals surface area contributed by atoms with E-state index < -0.39 is 0 Å². The molecule has 2 atom stereocenters. The van der Waals surface area contributed by atoms with E-state index in [1.54, 1.807) is 6.92 Å². The van der Waals surface area contributed by atoms with Crippen molar-refractivity contribution < 1.29 is 4.79 Å². The molecule has 2 unspecified atom stereocenters. The molecule has 3 nitrogen and oxygen atoms in total. The van der Waals surface area contributed by atoms with E-state index in [2.05, 4.69) is 54.8 Å². The van der Waals surface area contributed by atoms with Gasteiger partial charge in [-0.1, -0.05) is 32.9 Å². The van der Waals surface area contributed by atoms with Crippen LogP contribution in [0.4, 0.5) is 5.69 Å². The van der Waals surface area contributed by atoms with Gasteiger partial charge in [0.05, 0.1) is 12.1 Å². The zero-order valence-corrected chi connectivity index (χ0v) is 15.0. The first kappa shape index (κ1) is 16.4. The maximum Gasteiger partial charge on any atom is 0.220 e. The zero-order chi connectivity index (χ0) is 16.6. The molecule has 1 aliphatic carbocycles. The molecule has 0 N–H and O–H groups in total. The van der Waals surface area contributed by atoms with Gasteiger partial charge in [-0.05, 0) is 48.8 Å². The molecule has 0 aromatic heterocycles. The number of aryl methyl sites for hydroxylation is 1. The molecule has 1 saturated heterocycles. The SMILES string of the molecule is CCc1cccc(N2CC(C(C)C)N(C(C)=O)C(C3CC3)C2)c1. The number of hydrogen-bond acceptors (Lipinski definition) is 2. The molecule has 1 saturated carbocycles. The molecular weight excluding hydrogens is 284 g/mol. The van der Waals surface area contributed by atoms with Gasteiger partial charge in [-0.2, -0.15) is 0 Å². The van der Waals surface area contributed by atoms with Crippen LogP contribution in [0.1, 0.15) is 46.1 Å². The van der Waals surface area contributed by atoms with E-state index in [4.69, 9.17) is 0 Å². The predicted octanol–water partition coefficient (Wildman–Crippen LogP) is 3.72. The van der Waals surface area contributed by atoms with Crippen LogP contribution in [0.3, 0.4) is 0 Å². The van der Waals surface area contributed by atoms with Gasteiger partial charge in [-0.25, -0.2) is 0 Å². The summed E-state index contributed by atoms with van der Waals surface area (Å²) < 4.78 is 0. The highest BCUT2D eigenvalue weighted by atomic mass is 16.2. The smallest absolute Gasteiger partial charge is 0.220 e. The summed E-state index contributed by atoms with van der Waals surface area (Å²) >= 11 is 0. The summed E-state index contributed by atoms with van der Waals surface area (Å²) in [6.45, 7) is 10.4. The molecule has 126 valence electrons. The first-order valence-electron chi connectivity index (χ1n) is 9.14. The molecule has 1 heterocycles. The lowest BCUT2D eigenvalue weighted by Gasteiger charge is -2.49. The van der Waals surface area contributed by atoms with Crippen LogP contribution in [0.25, 0.3) is 0 Å². The molecule has 0 spiro atoms. The van der Waals surface area contributed by atoms with Crippen LogP contribution in [-0.4, -0.2) is 36.0 Å². The Morgan fingerprint density at radius 1 is 1.26 bits per heavy atom. The van der Waals surface area contributed by atoms with E-state index in [0.29, 0.717) is 23.9 Å². The van der Waals surface area contributed by atoms with E-state index >= 15 is 0 Å². The van der Waals surface area contributed by atoms with Crippen LogP contribution in [0.2, 0.25) is 0 Å². The Labute approximate surface area is 140 Å². The lowest BCUT2D eigenvalue weighted by molar-refractivity contribution is -0.136. The summed E-state index contributed by atoms with van der Waals surface area (Å²) in [5, 5.41) is 0. The van der Waals surface area contributed by atoms with Gasteiger partial charge in [0, 0.05) is 25.7 Å². The molecule has 2 aliphatic rings. The number of carbonyl (C=O) groups excluding carboxylic acids is 1. The molecule has 1 amide bonds. The van der Waals surface area contributed by atoms with Gasteiger partial charge in [0.15, 0.2) is 0 Å². The largest absolute Gasteiger partial charge is 0.367 e. The van der Waals surface area contributed by atoms with Gasteiger partial charge in [0.2, 0.25) is 5.91 Å². The molecule has 2 fully saturated rings. The third-order valence-electron chi connectivity index (χ3n) is 5.51. The lowest BCUT2D eigenvalue weighted by atomic mass is 9.93. The zero-order valence-electron chi connectivity index (χ0n) is 15.0. The minimum Gasteiger partial charge on any atom is -0.367 e. The Morgan fingerprint density at radius 3 is 2.57 bits per heavy atom. The summed E-state index contributed by atoms with van der Waals surface area (Å²) in [6, 6.07) is 9.63. The normalized spacial score (nSPS) is 25.1. The van der Waals surface area contributed by atoms with Crippen molar-refractivity contribution in [2.24, 2.45) is 11.8 Å². The fourth-order valence-corrected chi connectivity index (χ4v) is 3.99. The first-order chi connectivity index (χ1) is 11.0. The number of piperazine rings is 1. The van der Waals surface area contributed by atoms with E-state index in [1.807, 2.05) is 0 Å². The highest BCUT2D eigenvalue weighted by Crippen LogP contribution is 2.40. The maximum atomic E-state index is 12.3. The van der Waals surface area contributed by atoms with Crippen LogP contribution in [-0.2, 0) is 11.2 Å². The lowest BCUT2D eigenvalue weighted by Crippen LogP contribution is -2.62. The summed E-state index contributed by atoms with van der Waals surface area (Å²) in [6.07, 6.45) is 3.63. The summed E-state index contributed by atoms with van der Waals surface area (Å²) in [4.78, 5) is 17.0. The Kier molecular flexibility index (Phi) is 4.65. The van der Waals surface area contributed by atoms with Crippen molar-refractivity contribution in [2.75, 3.05) is 18.0 Å². The molecule has 1 aromatic carbocycles. The standard InChI is InChI=1S/C20H30N2O/c1-5-16-7-6-8-18(11-16)21-12-19(14(2)3)22(15(4)23)20(13-21)17-9-10-17/h6-8,11,14,17,19-20H,5,9-10,12-13H2,1-4H3. The van der Waals surface area contributed by atoms with Crippen LogP contribution in [0.5, 0.6) is 0 Å². The van der Waals surface area contributed by atoms with Crippen molar-refractivity contribution in [1.82, 2.24) is 4.90 Å². The molecule has 1 aliphatic heterocycles. The van der Waals surface area contributed by atoms with Crippen molar-refractivity contribution >= 4 is 11.6 Å². The number of amides is 1. The fraction of sp³-hybridized carbons (Fsp3) is 0.650. The highest BCUT2D eigenvalue weighted by molar-refractivity contribution is 5.75. The number of hydrogen-bond donors (Lipinski definition) is 0. The first-order valence-corrected chi connectivity index (χ1v) is 9.14. The Bertz CT molecular complexity index is 553. The Balaban J connectivity index is 1.89. The minimum absolute atomic E-state index is 0.252. The van der Waals surface area contributed by atoms with Crippen molar-refractivity contribution in [3.63, 3.8) is 0 Å². The van der Waals surface area contributed by atoms with E-state index in [0.717, 1.165) is 19.5 Å². The summed E-state index contributed by atoms with van der Waals surface area (Å²) in [5.74, 6) is 1.44. The minimum atomic E-state index is 0.252. The fourth-order valence-electron chi connectivity index (χ4n) is 3.99. The second-order valence-corrected chi connectivity index (χ2v) is 7.57. The third kappa shape index (κ3) is 3.39. The van der Waals surface area contributed by atoms with E-state index in [1.165, 1.54) is 24.1 Å². The topological polar surface area (TPSA) is 23.6 Å². The molecule has 1 aromatic rings. The molecule has 0 bridgehead atoms. The highest BCUT2D eigenvalue weighted by Gasteiger charge is 2.44. The summed E-state index contributed by atoms with van der Waals surface area (Å²) in [7, 11) is 0. The second-order valence-electron chi connectivity index (χ2n) is 7.57. The third-order valence-corrected chi connectivity index (χ3v) is 5.51. The number of carbonyl (C=O) groups is 1. The van der Waals surface area contributed by atoms with Crippen LogP contribution < -0.4 is 4.90 Å². The Morgan fingerprint density at radius 2 is 2.00 bits per heavy atom. The van der Waals surface area contributed by atoms with Gasteiger partial charge in [0.1, 0.15) is 0 Å². The van der Waals surface area contributed by atoms with Gasteiger partial charge >= 0.3 is 0 Å². The van der Waals surface area contributed by atoms with Gasteiger partial charge in [-0.3, -0.25) is 4.79 Å². The second kappa shape index (κ2) is 6.54. The van der Waals surface area contributed by atoms with Crippen molar-refractivity contribution in [2.45, 2.75) is 59.0 Å². The predicted molar refractivity (Wildman–Crippen MR) is 95.7 cm³/mol. The van der Waals surface area contributed by atoms with Crippen molar-refractivity contribution in [1.29, 1.82) is 0 Å². The molecule has 23 heavy (non-hydrogen) atoms. The maximum absolute atomic E-state index is 12.3. The number of rotatable bonds is 4. The number of nitrogens with zero attached hydrogens (tertiary/aromatic N) is 2. The van der Waals surface area contributed by atoms with Gasteiger partial charge < -0.3 is 9.80 Å². The molecular formula is C20H30N2O. The quantitative estimate of drug-likeness (QED) is 0.845. The van der Waals surface area contributed by atoms with E-state index in [9.17, 15) is 4.79 Å². The van der Waals surface area contributed by atoms with Crippen LogP contribution in [0.15, 0.2) is 24.3 Å². The van der Waals surface area contributed by atoms with Crippen LogP contribution >= 0.6 is 0 Å². The number of benzene rings is 1. The molecule has 0 radical (unpaired) electrons. The van der Waals surface area contributed by atoms with E-state index in [-0.39, 0.29) is 5.91 Å². The molecule has 3 rings (SSSR count). The average molecular weight is 314 g/mol. The average Bonchev–Trinajstić information content (AvgIpc) is 3.38. The monoisotopic (exact) mass is 314 g/mol. The molecule has 3 heteroatoms. The van der Waals surface area contributed by atoms with Gasteiger partial charge in [0.25, 0.3) is 0 Å². The van der Waals surface area contributed by atoms with Gasteiger partial charge in [-0.15, -0.1) is 0 Å². The summed E-state index contributed by atoms with van der Waals surface area (Å²) in [5.41, 5.74) is 2.71. The van der Waals surface area contributed by atoms with Crippen molar-refractivity contribution in [3.05, 3.63) is 29.8 Å². The van der Waals surface area contributed by atoms with Crippen molar-refractivity contribution in [3.8, 4) is 0 Å². The Hall–Kier alpha value is -1.51.